The zero-order valence-corrected chi connectivity index (χ0v) is 9.76. The number of hydrogen-bond acceptors (Lipinski definition) is 3. The monoisotopic (exact) mass is 263 g/mol. The molecular weight excluding hydrogens is 252 g/mol. The standard InChI is InChI=1S/C9H11F2N3O2S/c1-14(5-9(12)13)17(15,16)8-4-6(10)2-3-7(8)11/h2-4H,5H2,1H3,(H3,12,13). The maximum atomic E-state index is 13.3. The van der Waals surface area contributed by atoms with E-state index in [-0.39, 0.29) is 0 Å². The number of likely N-dealkylation sites (N-methyl/N-ethyl adjacent to an activating group) is 1. The highest BCUT2D eigenvalue weighted by Crippen LogP contribution is 2.19. The summed E-state index contributed by atoms with van der Waals surface area (Å²) in [6, 6.07) is 2.13. The molecule has 0 saturated carbocycles. The van der Waals surface area contributed by atoms with Crippen LogP contribution in [-0.4, -0.2) is 32.2 Å². The number of halogens is 2. The lowest BCUT2D eigenvalue weighted by Crippen LogP contribution is -2.35. The Balaban J connectivity index is 3.21. The Labute approximate surface area is 97.4 Å². The van der Waals surface area contributed by atoms with Crippen molar-refractivity contribution in [2.24, 2.45) is 5.73 Å². The molecule has 0 bridgehead atoms. The van der Waals surface area contributed by atoms with Gasteiger partial charge in [0.05, 0.1) is 6.54 Å². The molecule has 1 aromatic carbocycles. The molecule has 0 fully saturated rings. The molecule has 0 heterocycles. The summed E-state index contributed by atoms with van der Waals surface area (Å²) in [7, 11) is -3.06. The first-order chi connectivity index (χ1) is 7.75. The third-order valence-electron chi connectivity index (χ3n) is 1.97. The molecular formula is C9H11F2N3O2S. The first-order valence-electron chi connectivity index (χ1n) is 4.49. The fraction of sp³-hybridized carbons (Fsp3) is 0.222. The zero-order valence-electron chi connectivity index (χ0n) is 8.94. The maximum Gasteiger partial charge on any atom is 0.246 e. The largest absolute Gasteiger partial charge is 0.387 e. The summed E-state index contributed by atoms with van der Waals surface area (Å²) < 4.78 is 50.5. The summed E-state index contributed by atoms with van der Waals surface area (Å²) in [6.07, 6.45) is 0. The van der Waals surface area contributed by atoms with Gasteiger partial charge in [0.25, 0.3) is 0 Å². The van der Waals surface area contributed by atoms with E-state index >= 15 is 0 Å². The second-order valence-electron chi connectivity index (χ2n) is 3.36. The van der Waals surface area contributed by atoms with Crippen LogP contribution in [0.25, 0.3) is 0 Å². The highest BCUT2D eigenvalue weighted by molar-refractivity contribution is 7.89. The van der Waals surface area contributed by atoms with E-state index in [4.69, 9.17) is 11.1 Å². The number of amidine groups is 1. The minimum absolute atomic E-state index is 0.391. The lowest BCUT2D eigenvalue weighted by Gasteiger charge is -2.16. The quantitative estimate of drug-likeness (QED) is 0.613. The van der Waals surface area contributed by atoms with Gasteiger partial charge in [0.2, 0.25) is 10.0 Å². The molecule has 3 N–H and O–H groups in total. The summed E-state index contributed by atoms with van der Waals surface area (Å²) in [4.78, 5) is -0.777. The van der Waals surface area contributed by atoms with Gasteiger partial charge < -0.3 is 5.73 Å². The van der Waals surface area contributed by atoms with E-state index in [1.165, 1.54) is 0 Å². The van der Waals surface area contributed by atoms with Gasteiger partial charge in [0, 0.05) is 7.05 Å². The molecule has 0 unspecified atom stereocenters. The van der Waals surface area contributed by atoms with Crippen molar-refractivity contribution in [3.8, 4) is 0 Å². The highest BCUT2D eigenvalue weighted by atomic mass is 32.2. The molecule has 0 saturated heterocycles. The van der Waals surface area contributed by atoms with E-state index in [1.807, 2.05) is 0 Å². The molecule has 0 aromatic heterocycles. The molecule has 0 spiro atoms. The minimum Gasteiger partial charge on any atom is -0.387 e. The normalized spacial score (nSPS) is 11.8. The second-order valence-corrected chi connectivity index (χ2v) is 5.37. The number of benzene rings is 1. The van der Waals surface area contributed by atoms with Crippen molar-refractivity contribution in [3.05, 3.63) is 29.8 Å². The number of nitrogens with zero attached hydrogens (tertiary/aromatic N) is 1. The van der Waals surface area contributed by atoms with Crippen LogP contribution in [0.4, 0.5) is 8.78 Å². The van der Waals surface area contributed by atoms with Crippen LogP contribution in [0.15, 0.2) is 23.1 Å². The molecule has 1 aromatic rings. The van der Waals surface area contributed by atoms with E-state index in [0.717, 1.165) is 19.2 Å². The van der Waals surface area contributed by atoms with Crippen LogP contribution < -0.4 is 5.73 Å². The van der Waals surface area contributed by atoms with E-state index in [9.17, 15) is 17.2 Å². The van der Waals surface area contributed by atoms with E-state index in [0.29, 0.717) is 10.4 Å². The molecule has 0 atom stereocenters. The fourth-order valence-electron chi connectivity index (χ4n) is 1.17. The topological polar surface area (TPSA) is 87.2 Å². The Morgan fingerprint density at radius 3 is 2.59 bits per heavy atom. The lowest BCUT2D eigenvalue weighted by molar-refractivity contribution is 0.490. The lowest BCUT2D eigenvalue weighted by atomic mass is 10.3. The van der Waals surface area contributed by atoms with Crippen molar-refractivity contribution < 1.29 is 17.2 Å². The Bertz CT molecular complexity index is 545. The van der Waals surface area contributed by atoms with Crippen LogP contribution in [-0.2, 0) is 10.0 Å². The van der Waals surface area contributed by atoms with Gasteiger partial charge in [-0.15, -0.1) is 0 Å². The van der Waals surface area contributed by atoms with Gasteiger partial charge >= 0.3 is 0 Å². The van der Waals surface area contributed by atoms with Crippen LogP contribution in [0.1, 0.15) is 0 Å². The van der Waals surface area contributed by atoms with E-state index < -0.39 is 38.9 Å². The van der Waals surface area contributed by atoms with Gasteiger partial charge in [0.1, 0.15) is 22.4 Å². The Kier molecular flexibility index (Phi) is 3.79. The van der Waals surface area contributed by atoms with Gasteiger partial charge in [-0.2, -0.15) is 4.31 Å². The zero-order chi connectivity index (χ0) is 13.2. The summed E-state index contributed by atoms with van der Waals surface area (Å²) in [5, 5.41) is 6.97. The first kappa shape index (κ1) is 13.5. The number of nitrogens with one attached hydrogen (secondary N) is 1. The molecule has 8 heteroatoms. The van der Waals surface area contributed by atoms with Crippen LogP contribution >= 0.6 is 0 Å². The average Bonchev–Trinajstić information content (AvgIpc) is 2.20. The third kappa shape index (κ3) is 2.98. The van der Waals surface area contributed by atoms with Gasteiger partial charge in [-0.25, -0.2) is 17.2 Å². The van der Waals surface area contributed by atoms with Crippen LogP contribution in [0.3, 0.4) is 0 Å². The molecule has 0 aliphatic heterocycles. The Morgan fingerprint density at radius 1 is 1.47 bits per heavy atom. The average molecular weight is 263 g/mol. The third-order valence-corrected chi connectivity index (χ3v) is 3.79. The van der Waals surface area contributed by atoms with Gasteiger partial charge in [-0.1, -0.05) is 0 Å². The summed E-state index contributed by atoms with van der Waals surface area (Å²) in [5.74, 6) is -2.31. The van der Waals surface area contributed by atoms with Crippen LogP contribution in [0.2, 0.25) is 0 Å². The van der Waals surface area contributed by atoms with Crippen molar-refractivity contribution >= 4 is 15.9 Å². The van der Waals surface area contributed by atoms with Crippen molar-refractivity contribution in [3.63, 3.8) is 0 Å². The van der Waals surface area contributed by atoms with Crippen molar-refractivity contribution in [2.45, 2.75) is 4.90 Å². The SMILES string of the molecule is CN(CC(=N)N)S(=O)(=O)c1cc(F)ccc1F. The predicted octanol–water partition coefficient (Wildman–Crippen LogP) is 0.521. The van der Waals surface area contributed by atoms with Crippen molar-refractivity contribution in [1.82, 2.24) is 4.31 Å². The molecule has 94 valence electrons. The van der Waals surface area contributed by atoms with Crippen molar-refractivity contribution in [1.29, 1.82) is 5.41 Å². The molecule has 5 nitrogen and oxygen atoms in total. The second kappa shape index (κ2) is 4.76. The minimum atomic E-state index is -4.19. The predicted molar refractivity (Wildman–Crippen MR) is 58.1 cm³/mol. The molecule has 17 heavy (non-hydrogen) atoms. The number of nitrogens with two attached hydrogens (primary N) is 1. The fourth-order valence-corrected chi connectivity index (χ4v) is 2.39. The van der Waals surface area contributed by atoms with Crippen LogP contribution in [0, 0.1) is 17.0 Å². The number of hydrogen-bond donors (Lipinski definition) is 2. The Hall–Kier alpha value is -1.54. The molecule has 0 aliphatic rings. The number of rotatable bonds is 4. The summed E-state index contributed by atoms with van der Waals surface area (Å²) in [5.41, 5.74) is 5.05. The summed E-state index contributed by atoms with van der Waals surface area (Å²) >= 11 is 0. The van der Waals surface area contributed by atoms with Gasteiger partial charge in [-0.3, -0.25) is 5.41 Å². The van der Waals surface area contributed by atoms with E-state index in [2.05, 4.69) is 0 Å². The number of sulfonamides is 1. The first-order valence-corrected chi connectivity index (χ1v) is 5.93. The maximum absolute atomic E-state index is 13.3. The molecule has 1 rings (SSSR count). The molecule has 0 radical (unpaired) electrons. The van der Waals surface area contributed by atoms with Gasteiger partial charge in [0.15, 0.2) is 0 Å². The van der Waals surface area contributed by atoms with Gasteiger partial charge in [-0.05, 0) is 18.2 Å². The smallest absolute Gasteiger partial charge is 0.246 e. The summed E-state index contributed by atoms with van der Waals surface area (Å²) in [6.45, 7) is -0.391. The molecule has 0 aliphatic carbocycles. The Morgan fingerprint density at radius 2 is 2.06 bits per heavy atom. The molecule has 0 amide bonds. The highest BCUT2D eigenvalue weighted by Gasteiger charge is 2.25. The van der Waals surface area contributed by atoms with E-state index in [1.54, 1.807) is 0 Å². The van der Waals surface area contributed by atoms with Crippen LogP contribution in [0.5, 0.6) is 0 Å². The van der Waals surface area contributed by atoms with Crippen molar-refractivity contribution in [2.75, 3.05) is 13.6 Å².